The number of nitrogens with one attached hydrogen (secondary N) is 1. The van der Waals surface area contributed by atoms with E-state index in [-0.39, 0.29) is 5.82 Å². The summed E-state index contributed by atoms with van der Waals surface area (Å²) in [6.45, 7) is 1.91. The SMILES string of the molecule is Cc1ccc(F)c(-c2nc(-c3ccccc3)n[nH]2)c1. The predicted octanol–water partition coefficient (Wildman–Crippen LogP) is 3.59. The van der Waals surface area contributed by atoms with Crippen LogP contribution in [0.4, 0.5) is 4.39 Å². The second-order valence-electron chi connectivity index (χ2n) is 4.36. The third kappa shape index (κ3) is 2.25. The molecule has 0 bridgehead atoms. The molecular weight excluding hydrogens is 241 g/mol. The van der Waals surface area contributed by atoms with E-state index in [0.717, 1.165) is 11.1 Å². The van der Waals surface area contributed by atoms with Crippen LogP contribution in [0, 0.1) is 12.7 Å². The molecule has 3 rings (SSSR count). The standard InChI is InChI=1S/C15H12FN3/c1-10-7-8-13(16)12(9-10)15-17-14(18-19-15)11-5-3-2-4-6-11/h2-9H,1H3,(H,17,18,19). The van der Waals surface area contributed by atoms with Crippen molar-refractivity contribution in [2.24, 2.45) is 0 Å². The second kappa shape index (κ2) is 4.65. The van der Waals surface area contributed by atoms with Crippen molar-refractivity contribution < 1.29 is 4.39 Å². The minimum atomic E-state index is -0.304. The molecule has 0 spiro atoms. The summed E-state index contributed by atoms with van der Waals surface area (Å²) in [5.74, 6) is 0.706. The maximum atomic E-state index is 13.8. The summed E-state index contributed by atoms with van der Waals surface area (Å²) in [6, 6.07) is 14.5. The number of aromatic amines is 1. The van der Waals surface area contributed by atoms with Crippen molar-refractivity contribution >= 4 is 0 Å². The Morgan fingerprint density at radius 2 is 1.84 bits per heavy atom. The molecule has 94 valence electrons. The lowest BCUT2D eigenvalue weighted by Crippen LogP contribution is -1.88. The molecular formula is C15H12FN3. The van der Waals surface area contributed by atoms with E-state index < -0.39 is 0 Å². The molecule has 0 fully saturated rings. The third-order valence-electron chi connectivity index (χ3n) is 2.89. The Morgan fingerprint density at radius 1 is 1.05 bits per heavy atom. The Balaban J connectivity index is 2.04. The van der Waals surface area contributed by atoms with Gasteiger partial charge in [-0.25, -0.2) is 9.37 Å². The summed E-state index contributed by atoms with van der Waals surface area (Å²) in [4.78, 5) is 4.35. The molecule has 1 N–H and O–H groups in total. The molecule has 0 unspecified atom stereocenters. The Labute approximate surface area is 110 Å². The number of aryl methyl sites for hydroxylation is 1. The van der Waals surface area contributed by atoms with Crippen LogP contribution in [-0.2, 0) is 0 Å². The molecule has 0 atom stereocenters. The summed E-state index contributed by atoms with van der Waals surface area (Å²) < 4.78 is 13.8. The zero-order chi connectivity index (χ0) is 13.2. The maximum Gasteiger partial charge on any atom is 0.181 e. The number of nitrogens with zero attached hydrogens (tertiary/aromatic N) is 2. The van der Waals surface area contributed by atoms with Gasteiger partial charge in [0.2, 0.25) is 0 Å². The first-order valence-corrected chi connectivity index (χ1v) is 5.98. The van der Waals surface area contributed by atoms with Crippen LogP contribution in [0.5, 0.6) is 0 Å². The molecule has 2 aromatic carbocycles. The topological polar surface area (TPSA) is 41.6 Å². The average molecular weight is 253 g/mol. The highest BCUT2D eigenvalue weighted by Crippen LogP contribution is 2.23. The quantitative estimate of drug-likeness (QED) is 0.758. The Morgan fingerprint density at radius 3 is 2.63 bits per heavy atom. The van der Waals surface area contributed by atoms with Crippen LogP contribution < -0.4 is 0 Å². The van der Waals surface area contributed by atoms with Gasteiger partial charge in [0.15, 0.2) is 11.6 Å². The van der Waals surface area contributed by atoms with Crippen LogP contribution in [0.2, 0.25) is 0 Å². The fraction of sp³-hybridized carbons (Fsp3) is 0.0667. The minimum absolute atomic E-state index is 0.304. The number of aromatic nitrogens is 3. The van der Waals surface area contributed by atoms with Crippen molar-refractivity contribution in [1.82, 2.24) is 15.2 Å². The molecule has 1 aromatic heterocycles. The summed E-state index contributed by atoms with van der Waals surface area (Å²) in [6.07, 6.45) is 0. The Bertz CT molecular complexity index is 704. The smallest absolute Gasteiger partial charge is 0.181 e. The Hall–Kier alpha value is -2.49. The molecule has 0 aliphatic carbocycles. The predicted molar refractivity (Wildman–Crippen MR) is 71.9 cm³/mol. The van der Waals surface area contributed by atoms with Crippen molar-refractivity contribution in [1.29, 1.82) is 0 Å². The van der Waals surface area contributed by atoms with Gasteiger partial charge in [-0.15, -0.1) is 0 Å². The number of rotatable bonds is 2. The van der Waals surface area contributed by atoms with E-state index in [2.05, 4.69) is 15.2 Å². The van der Waals surface area contributed by atoms with E-state index in [1.165, 1.54) is 6.07 Å². The number of benzene rings is 2. The van der Waals surface area contributed by atoms with E-state index in [4.69, 9.17) is 0 Å². The monoisotopic (exact) mass is 253 g/mol. The number of H-pyrrole nitrogens is 1. The summed E-state index contributed by atoms with van der Waals surface area (Å²) >= 11 is 0. The van der Waals surface area contributed by atoms with Gasteiger partial charge in [0.25, 0.3) is 0 Å². The highest BCUT2D eigenvalue weighted by Gasteiger charge is 2.11. The third-order valence-corrected chi connectivity index (χ3v) is 2.89. The molecule has 19 heavy (non-hydrogen) atoms. The van der Waals surface area contributed by atoms with Crippen molar-refractivity contribution in [2.75, 3.05) is 0 Å². The van der Waals surface area contributed by atoms with E-state index in [0.29, 0.717) is 17.2 Å². The highest BCUT2D eigenvalue weighted by molar-refractivity contribution is 5.62. The molecule has 0 saturated heterocycles. The van der Waals surface area contributed by atoms with E-state index in [1.807, 2.05) is 37.3 Å². The number of halogens is 1. The van der Waals surface area contributed by atoms with Crippen molar-refractivity contribution in [3.05, 3.63) is 59.9 Å². The van der Waals surface area contributed by atoms with E-state index >= 15 is 0 Å². The fourth-order valence-electron chi connectivity index (χ4n) is 1.92. The molecule has 0 amide bonds. The normalized spacial score (nSPS) is 10.6. The highest BCUT2D eigenvalue weighted by atomic mass is 19.1. The molecule has 0 aliphatic heterocycles. The van der Waals surface area contributed by atoms with Gasteiger partial charge >= 0.3 is 0 Å². The van der Waals surface area contributed by atoms with E-state index in [1.54, 1.807) is 12.1 Å². The van der Waals surface area contributed by atoms with Gasteiger partial charge < -0.3 is 0 Å². The summed E-state index contributed by atoms with van der Waals surface area (Å²) in [5, 5.41) is 6.92. The Kier molecular flexibility index (Phi) is 2.83. The van der Waals surface area contributed by atoms with E-state index in [9.17, 15) is 4.39 Å². The van der Waals surface area contributed by atoms with Crippen LogP contribution in [0.3, 0.4) is 0 Å². The first kappa shape index (κ1) is 11.6. The molecule has 1 heterocycles. The lowest BCUT2D eigenvalue weighted by atomic mass is 10.1. The van der Waals surface area contributed by atoms with Gasteiger partial charge in [-0.2, -0.15) is 5.10 Å². The zero-order valence-corrected chi connectivity index (χ0v) is 10.4. The second-order valence-corrected chi connectivity index (χ2v) is 4.36. The van der Waals surface area contributed by atoms with Crippen LogP contribution in [0.25, 0.3) is 22.8 Å². The molecule has 3 nitrogen and oxygen atoms in total. The minimum Gasteiger partial charge on any atom is -0.259 e. The van der Waals surface area contributed by atoms with Gasteiger partial charge in [-0.1, -0.05) is 42.0 Å². The summed E-state index contributed by atoms with van der Waals surface area (Å²) in [7, 11) is 0. The lowest BCUT2D eigenvalue weighted by Gasteiger charge is -2.00. The van der Waals surface area contributed by atoms with Crippen LogP contribution in [0.1, 0.15) is 5.56 Å². The lowest BCUT2D eigenvalue weighted by molar-refractivity contribution is 0.629. The first-order valence-electron chi connectivity index (χ1n) is 5.98. The number of hydrogen-bond acceptors (Lipinski definition) is 2. The van der Waals surface area contributed by atoms with Gasteiger partial charge in [-0.3, -0.25) is 5.10 Å². The fourth-order valence-corrected chi connectivity index (χ4v) is 1.92. The molecule has 3 aromatic rings. The zero-order valence-electron chi connectivity index (χ0n) is 10.4. The first-order chi connectivity index (χ1) is 9.24. The molecule has 0 radical (unpaired) electrons. The van der Waals surface area contributed by atoms with Crippen molar-refractivity contribution in [2.45, 2.75) is 6.92 Å². The van der Waals surface area contributed by atoms with Gasteiger partial charge in [-0.05, 0) is 19.1 Å². The van der Waals surface area contributed by atoms with Crippen molar-refractivity contribution in [3.63, 3.8) is 0 Å². The van der Waals surface area contributed by atoms with Crippen molar-refractivity contribution in [3.8, 4) is 22.8 Å². The number of hydrogen-bond donors (Lipinski definition) is 1. The largest absolute Gasteiger partial charge is 0.259 e. The van der Waals surface area contributed by atoms with Crippen LogP contribution in [0.15, 0.2) is 48.5 Å². The van der Waals surface area contributed by atoms with Crippen LogP contribution in [-0.4, -0.2) is 15.2 Å². The molecule has 0 saturated carbocycles. The van der Waals surface area contributed by atoms with Gasteiger partial charge in [0, 0.05) is 5.56 Å². The summed E-state index contributed by atoms with van der Waals surface area (Å²) in [5.41, 5.74) is 2.32. The van der Waals surface area contributed by atoms with Gasteiger partial charge in [0.1, 0.15) is 5.82 Å². The van der Waals surface area contributed by atoms with Crippen LogP contribution >= 0.6 is 0 Å². The van der Waals surface area contributed by atoms with Gasteiger partial charge in [0.05, 0.1) is 5.56 Å². The average Bonchev–Trinajstić information content (AvgIpc) is 2.92. The maximum absolute atomic E-state index is 13.8. The molecule has 0 aliphatic rings. The molecule has 4 heteroatoms.